The molecule has 1 amide bonds. The Morgan fingerprint density at radius 3 is 2.52 bits per heavy atom. The third kappa shape index (κ3) is 5.23. The summed E-state index contributed by atoms with van der Waals surface area (Å²) in [6, 6.07) is 10.1. The Bertz CT molecular complexity index is 968. The standard InChI is InChI=1S/C26H31FN2O2/c1-6-13-29(14-7-2)24(19-8-11-23-18(16-19)12-15-31-23)25(30)28-20-9-10-21(22(27)17-20)26(3,4)5/h6-11,16-17,24H,1-2,12-15H2,3-5H3,(H,28,30). The Labute approximate surface area is 184 Å². The number of nitrogens with zero attached hydrogens (tertiary/aromatic N) is 1. The van der Waals surface area contributed by atoms with E-state index >= 15 is 0 Å². The zero-order valence-electron chi connectivity index (χ0n) is 18.6. The minimum Gasteiger partial charge on any atom is -0.493 e. The zero-order chi connectivity index (χ0) is 22.6. The van der Waals surface area contributed by atoms with Crippen LogP contribution in [0.4, 0.5) is 10.1 Å². The van der Waals surface area contributed by atoms with Crippen LogP contribution in [0.3, 0.4) is 0 Å². The Kier molecular flexibility index (Phi) is 6.96. The van der Waals surface area contributed by atoms with Crippen LogP contribution in [-0.4, -0.2) is 30.5 Å². The molecule has 164 valence electrons. The van der Waals surface area contributed by atoms with E-state index in [1.807, 2.05) is 43.9 Å². The predicted octanol–water partition coefficient (Wildman–Crippen LogP) is 5.41. The number of anilines is 1. The number of benzene rings is 2. The number of ether oxygens (including phenoxy) is 1. The molecule has 1 unspecified atom stereocenters. The van der Waals surface area contributed by atoms with Crippen LogP contribution in [0.1, 0.15) is 43.5 Å². The molecule has 2 aromatic carbocycles. The molecular weight excluding hydrogens is 391 g/mol. The maximum atomic E-state index is 14.7. The van der Waals surface area contributed by atoms with E-state index in [-0.39, 0.29) is 17.1 Å². The smallest absolute Gasteiger partial charge is 0.246 e. The highest BCUT2D eigenvalue weighted by atomic mass is 19.1. The summed E-state index contributed by atoms with van der Waals surface area (Å²) in [6.07, 6.45) is 4.34. The molecule has 1 atom stereocenters. The molecule has 0 spiro atoms. The first kappa shape index (κ1) is 22.8. The highest BCUT2D eigenvalue weighted by Gasteiger charge is 2.28. The highest BCUT2D eigenvalue weighted by Crippen LogP contribution is 2.32. The fourth-order valence-corrected chi connectivity index (χ4v) is 3.93. The fourth-order valence-electron chi connectivity index (χ4n) is 3.93. The van der Waals surface area contributed by atoms with Crippen LogP contribution in [0.25, 0.3) is 0 Å². The third-order valence-corrected chi connectivity index (χ3v) is 5.41. The molecule has 1 aliphatic heterocycles. The van der Waals surface area contributed by atoms with Crippen LogP contribution in [0.5, 0.6) is 5.75 Å². The van der Waals surface area contributed by atoms with E-state index in [0.29, 0.717) is 30.9 Å². The highest BCUT2D eigenvalue weighted by molar-refractivity contribution is 5.95. The van der Waals surface area contributed by atoms with Gasteiger partial charge in [-0.2, -0.15) is 0 Å². The van der Waals surface area contributed by atoms with Gasteiger partial charge < -0.3 is 10.1 Å². The van der Waals surface area contributed by atoms with Gasteiger partial charge in [0.25, 0.3) is 0 Å². The van der Waals surface area contributed by atoms with Gasteiger partial charge in [-0.25, -0.2) is 4.39 Å². The quantitative estimate of drug-likeness (QED) is 0.578. The van der Waals surface area contributed by atoms with Crippen molar-refractivity contribution in [2.75, 3.05) is 25.0 Å². The summed E-state index contributed by atoms with van der Waals surface area (Å²) in [5.74, 6) is 0.304. The molecule has 3 rings (SSSR count). The monoisotopic (exact) mass is 422 g/mol. The summed E-state index contributed by atoms with van der Waals surface area (Å²) in [6.45, 7) is 15.2. The molecular formula is C26H31FN2O2. The van der Waals surface area contributed by atoms with Gasteiger partial charge in [-0.15, -0.1) is 13.2 Å². The van der Waals surface area contributed by atoms with Crippen LogP contribution in [-0.2, 0) is 16.6 Å². The first-order chi connectivity index (χ1) is 14.7. The molecule has 5 heteroatoms. The molecule has 1 heterocycles. The fraction of sp³-hybridized carbons (Fsp3) is 0.346. The molecule has 0 saturated carbocycles. The van der Waals surface area contributed by atoms with Gasteiger partial charge in [0, 0.05) is 25.2 Å². The van der Waals surface area contributed by atoms with Crippen LogP contribution in [0.15, 0.2) is 61.7 Å². The van der Waals surface area contributed by atoms with Crippen molar-refractivity contribution in [1.29, 1.82) is 0 Å². The van der Waals surface area contributed by atoms with Crippen molar-refractivity contribution >= 4 is 11.6 Å². The van der Waals surface area contributed by atoms with Crippen molar-refractivity contribution in [1.82, 2.24) is 4.90 Å². The Morgan fingerprint density at radius 2 is 1.90 bits per heavy atom. The van der Waals surface area contributed by atoms with Gasteiger partial charge in [-0.3, -0.25) is 9.69 Å². The first-order valence-corrected chi connectivity index (χ1v) is 10.6. The number of nitrogens with one attached hydrogen (secondary N) is 1. The number of amides is 1. The number of halogens is 1. The molecule has 31 heavy (non-hydrogen) atoms. The molecule has 1 aliphatic rings. The van der Waals surface area contributed by atoms with Crippen LogP contribution in [0, 0.1) is 5.82 Å². The Balaban J connectivity index is 1.93. The summed E-state index contributed by atoms with van der Waals surface area (Å²) in [4.78, 5) is 15.4. The average molecular weight is 423 g/mol. The zero-order valence-corrected chi connectivity index (χ0v) is 18.6. The van der Waals surface area contributed by atoms with E-state index < -0.39 is 6.04 Å². The molecule has 0 aromatic heterocycles. The normalized spacial score (nSPS) is 14.0. The van der Waals surface area contributed by atoms with Crippen molar-refractivity contribution < 1.29 is 13.9 Å². The summed E-state index contributed by atoms with van der Waals surface area (Å²) in [7, 11) is 0. The van der Waals surface area contributed by atoms with E-state index in [1.54, 1.807) is 24.3 Å². The number of hydrogen-bond acceptors (Lipinski definition) is 3. The molecule has 0 fully saturated rings. The largest absolute Gasteiger partial charge is 0.493 e. The summed E-state index contributed by atoms with van der Waals surface area (Å²) >= 11 is 0. The van der Waals surface area contributed by atoms with E-state index in [9.17, 15) is 9.18 Å². The van der Waals surface area contributed by atoms with E-state index in [2.05, 4.69) is 18.5 Å². The second kappa shape index (κ2) is 9.48. The van der Waals surface area contributed by atoms with E-state index in [0.717, 1.165) is 23.3 Å². The lowest BCUT2D eigenvalue weighted by atomic mass is 9.86. The number of hydrogen-bond donors (Lipinski definition) is 1. The van der Waals surface area contributed by atoms with Crippen molar-refractivity contribution in [2.24, 2.45) is 0 Å². The Hall–Kier alpha value is -2.92. The van der Waals surface area contributed by atoms with Crippen molar-refractivity contribution in [3.63, 3.8) is 0 Å². The van der Waals surface area contributed by atoms with Gasteiger partial charge in [0.15, 0.2) is 0 Å². The van der Waals surface area contributed by atoms with Crippen LogP contribution >= 0.6 is 0 Å². The molecule has 0 bridgehead atoms. The van der Waals surface area contributed by atoms with Crippen LogP contribution < -0.4 is 10.1 Å². The van der Waals surface area contributed by atoms with Crippen LogP contribution in [0.2, 0.25) is 0 Å². The molecule has 4 nitrogen and oxygen atoms in total. The molecule has 0 saturated heterocycles. The summed E-state index contributed by atoms with van der Waals surface area (Å²) in [5, 5.41) is 2.90. The maximum absolute atomic E-state index is 14.7. The topological polar surface area (TPSA) is 41.6 Å². The van der Waals surface area contributed by atoms with E-state index in [4.69, 9.17) is 4.74 Å². The van der Waals surface area contributed by atoms with Gasteiger partial charge in [0.05, 0.1) is 6.61 Å². The minimum absolute atomic E-state index is 0.231. The summed E-state index contributed by atoms with van der Waals surface area (Å²) < 4.78 is 20.3. The van der Waals surface area contributed by atoms with E-state index in [1.165, 1.54) is 6.07 Å². The van der Waals surface area contributed by atoms with Gasteiger partial charge >= 0.3 is 0 Å². The second-order valence-electron chi connectivity index (χ2n) is 8.83. The summed E-state index contributed by atoms with van der Waals surface area (Å²) in [5.41, 5.74) is 2.68. The van der Waals surface area contributed by atoms with Gasteiger partial charge in [-0.05, 0) is 46.4 Å². The number of rotatable bonds is 8. The van der Waals surface area contributed by atoms with Gasteiger partial charge in [0.2, 0.25) is 5.91 Å². The van der Waals surface area contributed by atoms with Crippen molar-refractivity contribution in [3.8, 4) is 5.75 Å². The lowest BCUT2D eigenvalue weighted by Crippen LogP contribution is -2.37. The van der Waals surface area contributed by atoms with Gasteiger partial charge in [0.1, 0.15) is 17.6 Å². The Morgan fingerprint density at radius 1 is 1.19 bits per heavy atom. The third-order valence-electron chi connectivity index (χ3n) is 5.41. The molecule has 0 radical (unpaired) electrons. The number of fused-ring (bicyclic) bond motifs is 1. The average Bonchev–Trinajstić information content (AvgIpc) is 3.15. The molecule has 2 aromatic rings. The SMILES string of the molecule is C=CCN(CC=C)C(C(=O)Nc1ccc(C(C)(C)C)c(F)c1)c1ccc2c(c1)CCO2. The lowest BCUT2D eigenvalue weighted by Gasteiger charge is -2.29. The number of carbonyl (C=O) groups excluding carboxylic acids is 1. The lowest BCUT2D eigenvalue weighted by molar-refractivity contribution is -0.121. The molecule has 1 N–H and O–H groups in total. The van der Waals surface area contributed by atoms with Gasteiger partial charge in [-0.1, -0.05) is 45.1 Å². The maximum Gasteiger partial charge on any atom is 0.246 e. The predicted molar refractivity (Wildman–Crippen MR) is 124 cm³/mol. The molecule has 0 aliphatic carbocycles. The minimum atomic E-state index is -0.577. The van der Waals surface area contributed by atoms with Crippen molar-refractivity contribution in [2.45, 2.75) is 38.6 Å². The van der Waals surface area contributed by atoms with Crippen molar-refractivity contribution in [3.05, 3.63) is 84.2 Å². The number of carbonyl (C=O) groups is 1. The second-order valence-corrected chi connectivity index (χ2v) is 8.83. The first-order valence-electron chi connectivity index (χ1n) is 10.6.